The Kier molecular flexibility index (Phi) is 3.86. The smallest absolute Gasteiger partial charge is 0.180 e. The van der Waals surface area contributed by atoms with Crippen molar-refractivity contribution in [1.29, 1.82) is 0 Å². The Balaban J connectivity index is 2.73. The Morgan fingerprint density at radius 1 is 1.33 bits per heavy atom. The van der Waals surface area contributed by atoms with Crippen LogP contribution >= 0.6 is 0 Å². The summed E-state index contributed by atoms with van der Waals surface area (Å²) < 4.78 is 5.03. The van der Waals surface area contributed by atoms with Crippen molar-refractivity contribution in [3.8, 4) is 5.75 Å². The molecule has 0 spiro atoms. The zero-order valence-corrected chi connectivity index (χ0v) is 8.99. The summed E-state index contributed by atoms with van der Waals surface area (Å²) in [5, 5.41) is 0. The number of methoxy groups -OCH3 is 1. The Morgan fingerprint density at radius 3 is 2.40 bits per heavy atom. The van der Waals surface area contributed by atoms with Crippen molar-refractivity contribution in [2.75, 3.05) is 7.11 Å². The predicted molar refractivity (Wildman–Crippen MR) is 61.8 cm³/mol. The van der Waals surface area contributed by atoms with Gasteiger partial charge in [0.15, 0.2) is 5.78 Å². The highest BCUT2D eigenvalue weighted by molar-refractivity contribution is 6.05. The lowest BCUT2D eigenvalue weighted by Gasteiger charge is -1.98. The maximum absolute atomic E-state index is 11.2. The topological polar surface area (TPSA) is 26.3 Å². The monoisotopic (exact) mass is 202 g/mol. The molecule has 0 amide bonds. The minimum atomic E-state index is -0.0502. The fourth-order valence-electron chi connectivity index (χ4n) is 1.03. The van der Waals surface area contributed by atoms with Gasteiger partial charge in [-0.2, -0.15) is 0 Å². The van der Waals surface area contributed by atoms with E-state index in [9.17, 15) is 4.79 Å². The van der Waals surface area contributed by atoms with Crippen LogP contribution in [0.2, 0.25) is 0 Å². The number of rotatable bonds is 4. The van der Waals surface area contributed by atoms with Crippen molar-refractivity contribution in [3.05, 3.63) is 48.1 Å². The second kappa shape index (κ2) is 5.15. The van der Waals surface area contributed by atoms with E-state index in [0.717, 1.165) is 11.3 Å². The molecule has 2 heteroatoms. The number of ketones is 1. The van der Waals surface area contributed by atoms with E-state index in [0.29, 0.717) is 5.57 Å². The molecule has 15 heavy (non-hydrogen) atoms. The molecule has 0 aliphatic heterocycles. The number of allylic oxidation sites excluding steroid dienone is 2. The zero-order valence-electron chi connectivity index (χ0n) is 8.99. The molecule has 0 saturated heterocycles. The van der Waals surface area contributed by atoms with Crippen LogP contribution in [0.3, 0.4) is 0 Å². The average molecular weight is 202 g/mol. The van der Waals surface area contributed by atoms with Crippen LogP contribution < -0.4 is 4.74 Å². The maximum atomic E-state index is 11.2. The minimum absolute atomic E-state index is 0.0502. The molecular weight excluding hydrogens is 188 g/mol. The van der Waals surface area contributed by atoms with Crippen molar-refractivity contribution < 1.29 is 9.53 Å². The summed E-state index contributed by atoms with van der Waals surface area (Å²) in [6.07, 6.45) is 3.28. The fourth-order valence-corrected chi connectivity index (χ4v) is 1.03. The molecule has 0 unspecified atom stereocenters. The summed E-state index contributed by atoms with van der Waals surface area (Å²) in [6, 6.07) is 7.48. The van der Waals surface area contributed by atoms with Crippen molar-refractivity contribution in [3.63, 3.8) is 0 Å². The van der Waals surface area contributed by atoms with Crippen LogP contribution in [0, 0.1) is 0 Å². The van der Waals surface area contributed by atoms with Crippen LogP contribution in [0.1, 0.15) is 12.5 Å². The number of hydrogen-bond acceptors (Lipinski definition) is 2. The van der Waals surface area contributed by atoms with Crippen molar-refractivity contribution in [2.24, 2.45) is 0 Å². The highest BCUT2D eigenvalue weighted by Gasteiger charge is 1.95. The van der Waals surface area contributed by atoms with Crippen LogP contribution in [0.5, 0.6) is 5.75 Å². The van der Waals surface area contributed by atoms with Gasteiger partial charge in [-0.05, 0) is 36.3 Å². The summed E-state index contributed by atoms with van der Waals surface area (Å²) in [5.74, 6) is 0.754. The Morgan fingerprint density at radius 2 is 1.93 bits per heavy atom. The molecule has 0 heterocycles. The highest BCUT2D eigenvalue weighted by Crippen LogP contribution is 2.12. The van der Waals surface area contributed by atoms with Crippen molar-refractivity contribution >= 4 is 11.9 Å². The number of benzene rings is 1. The lowest BCUT2D eigenvalue weighted by molar-refractivity contribution is -0.111. The molecule has 0 saturated carbocycles. The van der Waals surface area contributed by atoms with Gasteiger partial charge in [-0.3, -0.25) is 4.79 Å². The molecule has 0 radical (unpaired) electrons. The molecule has 2 nitrogen and oxygen atoms in total. The Bertz CT molecular complexity index is 386. The zero-order chi connectivity index (χ0) is 11.3. The first-order chi connectivity index (χ1) is 7.13. The van der Waals surface area contributed by atoms with Gasteiger partial charge in [0.2, 0.25) is 0 Å². The molecule has 0 aliphatic carbocycles. The first-order valence-corrected chi connectivity index (χ1v) is 4.65. The lowest BCUT2D eigenvalue weighted by Crippen LogP contribution is -1.91. The summed E-state index contributed by atoms with van der Waals surface area (Å²) in [4.78, 5) is 11.2. The largest absolute Gasteiger partial charge is 0.497 e. The first kappa shape index (κ1) is 11.2. The highest BCUT2D eigenvalue weighted by atomic mass is 16.5. The SMILES string of the molecule is C=C(C)C(=O)/C=C/c1ccc(OC)cc1. The van der Waals surface area contributed by atoms with Gasteiger partial charge in [-0.1, -0.05) is 24.8 Å². The van der Waals surface area contributed by atoms with Gasteiger partial charge in [0.25, 0.3) is 0 Å². The molecule has 0 bridgehead atoms. The van der Waals surface area contributed by atoms with Crippen LogP contribution in [-0.2, 0) is 4.79 Å². The molecule has 1 aromatic carbocycles. The van der Waals surface area contributed by atoms with Crippen LogP contribution in [-0.4, -0.2) is 12.9 Å². The lowest BCUT2D eigenvalue weighted by atomic mass is 10.1. The minimum Gasteiger partial charge on any atom is -0.497 e. The van der Waals surface area contributed by atoms with Crippen molar-refractivity contribution in [2.45, 2.75) is 6.92 Å². The van der Waals surface area contributed by atoms with E-state index in [1.807, 2.05) is 24.3 Å². The second-order valence-corrected chi connectivity index (χ2v) is 3.25. The summed E-state index contributed by atoms with van der Waals surface area (Å²) >= 11 is 0. The van der Waals surface area contributed by atoms with Crippen LogP contribution in [0.15, 0.2) is 42.5 Å². The van der Waals surface area contributed by atoms with Crippen LogP contribution in [0.4, 0.5) is 0 Å². The van der Waals surface area contributed by atoms with E-state index in [1.165, 1.54) is 6.08 Å². The second-order valence-electron chi connectivity index (χ2n) is 3.25. The van der Waals surface area contributed by atoms with E-state index in [4.69, 9.17) is 4.74 Å². The Hall–Kier alpha value is -1.83. The molecule has 0 atom stereocenters. The number of carbonyl (C=O) groups is 1. The van der Waals surface area contributed by atoms with E-state index >= 15 is 0 Å². The number of ether oxygens (including phenoxy) is 1. The third kappa shape index (κ3) is 3.43. The third-order valence-corrected chi connectivity index (χ3v) is 1.96. The number of hydrogen-bond donors (Lipinski definition) is 0. The first-order valence-electron chi connectivity index (χ1n) is 4.65. The molecule has 78 valence electrons. The average Bonchev–Trinajstić information content (AvgIpc) is 2.26. The molecule has 0 aliphatic rings. The third-order valence-electron chi connectivity index (χ3n) is 1.96. The molecule has 0 fully saturated rings. The van der Waals surface area contributed by atoms with Gasteiger partial charge in [0, 0.05) is 0 Å². The molecular formula is C13H14O2. The molecule has 1 rings (SSSR count). The normalized spacial score (nSPS) is 10.3. The molecule has 0 N–H and O–H groups in total. The maximum Gasteiger partial charge on any atom is 0.180 e. The van der Waals surface area contributed by atoms with E-state index < -0.39 is 0 Å². The summed E-state index contributed by atoms with van der Waals surface area (Å²) in [7, 11) is 1.62. The molecule has 0 aromatic heterocycles. The van der Waals surface area contributed by atoms with Gasteiger partial charge in [-0.25, -0.2) is 0 Å². The fraction of sp³-hybridized carbons (Fsp3) is 0.154. The van der Waals surface area contributed by atoms with Crippen LogP contribution in [0.25, 0.3) is 6.08 Å². The summed E-state index contributed by atoms with van der Waals surface area (Å²) in [6.45, 7) is 5.27. The van der Waals surface area contributed by atoms with Gasteiger partial charge in [-0.15, -0.1) is 0 Å². The quantitative estimate of drug-likeness (QED) is 0.702. The molecule has 1 aromatic rings. The van der Waals surface area contributed by atoms with Gasteiger partial charge in [0.05, 0.1) is 7.11 Å². The van der Waals surface area contributed by atoms with E-state index in [-0.39, 0.29) is 5.78 Å². The van der Waals surface area contributed by atoms with Gasteiger partial charge in [0.1, 0.15) is 5.75 Å². The Labute approximate surface area is 89.9 Å². The van der Waals surface area contributed by atoms with Gasteiger partial charge < -0.3 is 4.74 Å². The van der Waals surface area contributed by atoms with Crippen molar-refractivity contribution in [1.82, 2.24) is 0 Å². The van der Waals surface area contributed by atoms with E-state index in [1.54, 1.807) is 20.1 Å². The predicted octanol–water partition coefficient (Wildman–Crippen LogP) is 2.85. The number of carbonyl (C=O) groups excluding carboxylic acids is 1. The standard InChI is InChI=1S/C13H14O2/c1-10(2)13(14)9-6-11-4-7-12(15-3)8-5-11/h4-9H,1H2,2-3H3/b9-6+. The summed E-state index contributed by atoms with van der Waals surface area (Å²) in [5.41, 5.74) is 1.50. The van der Waals surface area contributed by atoms with Gasteiger partial charge >= 0.3 is 0 Å². The van der Waals surface area contributed by atoms with E-state index in [2.05, 4.69) is 6.58 Å².